The summed E-state index contributed by atoms with van der Waals surface area (Å²) in [6.07, 6.45) is 1.49. The van der Waals surface area contributed by atoms with Crippen LogP contribution in [0.3, 0.4) is 0 Å². The maximum atomic E-state index is 14.6. The van der Waals surface area contributed by atoms with Crippen LogP contribution in [0.25, 0.3) is 6.08 Å². The lowest BCUT2D eigenvalue weighted by Gasteiger charge is -2.30. The van der Waals surface area contributed by atoms with Crippen LogP contribution in [0.1, 0.15) is 5.56 Å². The van der Waals surface area contributed by atoms with Crippen molar-refractivity contribution in [2.75, 3.05) is 24.7 Å². The maximum absolute atomic E-state index is 14.6. The number of nitrogens with one attached hydrogen (secondary N) is 1. The Hall–Kier alpha value is -2.98. The van der Waals surface area contributed by atoms with Crippen molar-refractivity contribution in [3.63, 3.8) is 0 Å². The first-order chi connectivity index (χ1) is 14.4. The highest BCUT2D eigenvalue weighted by Crippen LogP contribution is 2.37. The second-order valence-electron chi connectivity index (χ2n) is 6.34. The second-order valence-corrected chi connectivity index (χ2v) is 8.06. The van der Waals surface area contributed by atoms with E-state index in [1.54, 1.807) is 6.07 Å². The smallest absolute Gasteiger partial charge is 0.265 e. The quantitative estimate of drug-likeness (QED) is 0.560. The Morgan fingerprint density at radius 3 is 2.70 bits per heavy atom. The number of thiocarbonyl (C=S) groups is 1. The number of amides is 2. The van der Waals surface area contributed by atoms with E-state index in [4.69, 9.17) is 21.7 Å². The fourth-order valence-electron chi connectivity index (χ4n) is 2.98. The third-order valence-electron chi connectivity index (χ3n) is 4.32. The molecule has 2 aromatic rings. The van der Waals surface area contributed by atoms with Gasteiger partial charge in [0, 0.05) is 0 Å². The molecule has 4 rings (SSSR count). The minimum Gasteiger partial charge on any atom is -0.492 e. The van der Waals surface area contributed by atoms with Crippen molar-refractivity contribution in [3.05, 3.63) is 58.5 Å². The van der Waals surface area contributed by atoms with Crippen molar-refractivity contribution in [3.8, 4) is 11.5 Å². The molecule has 0 unspecified atom stereocenters. The van der Waals surface area contributed by atoms with Crippen LogP contribution < -0.4 is 19.7 Å². The summed E-state index contributed by atoms with van der Waals surface area (Å²) >= 11 is 6.03. The molecule has 2 aromatic carbocycles. The highest BCUT2D eigenvalue weighted by Gasteiger charge is 2.29. The first-order valence-electron chi connectivity index (χ1n) is 8.80. The van der Waals surface area contributed by atoms with Crippen LogP contribution in [0.4, 0.5) is 14.5 Å². The van der Waals surface area contributed by atoms with E-state index < -0.39 is 5.82 Å². The van der Waals surface area contributed by atoms with Crippen LogP contribution >= 0.6 is 24.0 Å². The van der Waals surface area contributed by atoms with E-state index in [2.05, 4.69) is 5.32 Å². The lowest BCUT2D eigenvalue weighted by atomic mass is 10.1. The summed E-state index contributed by atoms with van der Waals surface area (Å²) in [4.78, 5) is 25.9. The number of rotatable bonds is 5. The van der Waals surface area contributed by atoms with Gasteiger partial charge in [0.25, 0.3) is 11.8 Å². The van der Waals surface area contributed by atoms with Crippen LogP contribution in [-0.4, -0.2) is 35.9 Å². The zero-order valence-electron chi connectivity index (χ0n) is 15.3. The maximum Gasteiger partial charge on any atom is 0.265 e. The molecule has 1 fully saturated rings. The summed E-state index contributed by atoms with van der Waals surface area (Å²) in [5.74, 6) is -1.35. The molecule has 6 nitrogen and oxygen atoms in total. The number of ether oxygens (including phenoxy) is 2. The van der Waals surface area contributed by atoms with Gasteiger partial charge in [0.1, 0.15) is 22.5 Å². The molecule has 2 aliphatic heterocycles. The minimum absolute atomic E-state index is 0.0439. The van der Waals surface area contributed by atoms with Crippen LogP contribution in [0.15, 0.2) is 41.3 Å². The molecule has 2 amide bonds. The standard InChI is InChI=1S/C20H14F2N2O4S2/c21-12-1-3-13(4-2-12)27-6-5-24-15-8-11(9-16-19(26)23-20(29)30-16)7-14(22)18(15)28-10-17(24)25/h1-4,7-9H,5-6,10H2,(H,23,26,29). The Bertz CT molecular complexity index is 1070. The molecule has 0 aliphatic carbocycles. The lowest BCUT2D eigenvalue weighted by Crippen LogP contribution is -2.41. The molecule has 0 atom stereocenters. The van der Waals surface area contributed by atoms with Crippen LogP contribution in [-0.2, 0) is 9.59 Å². The van der Waals surface area contributed by atoms with Gasteiger partial charge < -0.3 is 19.7 Å². The minimum atomic E-state index is -0.651. The number of nitrogens with zero attached hydrogens (tertiary/aromatic N) is 1. The van der Waals surface area contributed by atoms with Gasteiger partial charge in [0.15, 0.2) is 18.2 Å². The molecule has 30 heavy (non-hydrogen) atoms. The molecule has 0 saturated carbocycles. The average Bonchev–Trinajstić information content (AvgIpc) is 3.02. The average molecular weight is 448 g/mol. The van der Waals surface area contributed by atoms with Gasteiger partial charge in [-0.2, -0.15) is 0 Å². The number of anilines is 1. The molecule has 0 aromatic heterocycles. The molecule has 2 aliphatic rings. The van der Waals surface area contributed by atoms with Crippen molar-refractivity contribution in [2.45, 2.75) is 0 Å². The van der Waals surface area contributed by atoms with E-state index in [0.29, 0.717) is 20.5 Å². The van der Waals surface area contributed by atoms with E-state index in [0.717, 1.165) is 11.8 Å². The zero-order chi connectivity index (χ0) is 21.3. The van der Waals surface area contributed by atoms with Gasteiger partial charge in [0.2, 0.25) is 0 Å². The highest BCUT2D eigenvalue weighted by atomic mass is 32.2. The van der Waals surface area contributed by atoms with E-state index in [-0.39, 0.29) is 48.8 Å². The number of carbonyl (C=O) groups excluding carboxylic acids is 2. The number of fused-ring (bicyclic) bond motifs is 1. The van der Waals surface area contributed by atoms with Gasteiger partial charge in [-0.25, -0.2) is 8.78 Å². The van der Waals surface area contributed by atoms with Crippen molar-refractivity contribution >= 4 is 51.9 Å². The number of carbonyl (C=O) groups is 2. The highest BCUT2D eigenvalue weighted by molar-refractivity contribution is 8.26. The van der Waals surface area contributed by atoms with Crippen molar-refractivity contribution in [1.82, 2.24) is 5.32 Å². The number of hydrogen-bond donors (Lipinski definition) is 1. The lowest BCUT2D eigenvalue weighted by molar-refractivity contribution is -0.121. The van der Waals surface area contributed by atoms with Gasteiger partial charge in [0.05, 0.1) is 17.1 Å². The van der Waals surface area contributed by atoms with E-state index in [1.165, 1.54) is 41.3 Å². The largest absolute Gasteiger partial charge is 0.492 e. The summed E-state index contributed by atoms with van der Waals surface area (Å²) in [5.41, 5.74) is 0.628. The summed E-state index contributed by atoms with van der Waals surface area (Å²) in [5, 5.41) is 2.49. The first kappa shape index (κ1) is 20.3. The van der Waals surface area contributed by atoms with Crippen LogP contribution in [0, 0.1) is 11.6 Å². The van der Waals surface area contributed by atoms with Crippen molar-refractivity contribution < 1.29 is 27.8 Å². The van der Waals surface area contributed by atoms with Crippen molar-refractivity contribution in [2.24, 2.45) is 0 Å². The molecule has 2 heterocycles. The van der Waals surface area contributed by atoms with E-state index >= 15 is 0 Å². The Kier molecular flexibility index (Phi) is 5.69. The number of benzene rings is 2. The van der Waals surface area contributed by atoms with E-state index in [1.807, 2.05) is 0 Å². The summed E-state index contributed by atoms with van der Waals surface area (Å²) in [7, 11) is 0. The Labute approximate surface area is 179 Å². The Morgan fingerprint density at radius 2 is 2.00 bits per heavy atom. The number of halogens is 2. The molecule has 0 spiro atoms. The van der Waals surface area contributed by atoms with Gasteiger partial charge in [-0.05, 0) is 48.0 Å². The summed E-state index contributed by atoms with van der Waals surface area (Å²) in [6, 6.07) is 8.27. The molecule has 1 N–H and O–H groups in total. The molecular formula is C20H14F2N2O4S2. The van der Waals surface area contributed by atoms with Gasteiger partial charge >= 0.3 is 0 Å². The molecule has 0 radical (unpaired) electrons. The predicted molar refractivity (Wildman–Crippen MR) is 112 cm³/mol. The van der Waals surface area contributed by atoms with Gasteiger partial charge in [-0.3, -0.25) is 9.59 Å². The zero-order valence-corrected chi connectivity index (χ0v) is 16.9. The molecular weight excluding hydrogens is 434 g/mol. The molecule has 154 valence electrons. The Morgan fingerprint density at radius 1 is 1.23 bits per heavy atom. The first-order valence-corrected chi connectivity index (χ1v) is 10.0. The second kappa shape index (κ2) is 8.41. The van der Waals surface area contributed by atoms with Crippen molar-refractivity contribution in [1.29, 1.82) is 0 Å². The number of thioether (sulfide) groups is 1. The van der Waals surface area contributed by atoms with Crippen LogP contribution in [0.2, 0.25) is 0 Å². The monoisotopic (exact) mass is 448 g/mol. The molecule has 0 bridgehead atoms. The third-order valence-corrected chi connectivity index (χ3v) is 5.48. The molecule has 10 heteroatoms. The van der Waals surface area contributed by atoms with E-state index in [9.17, 15) is 18.4 Å². The van der Waals surface area contributed by atoms with Gasteiger partial charge in [-0.1, -0.05) is 24.0 Å². The third kappa shape index (κ3) is 4.29. The topological polar surface area (TPSA) is 67.9 Å². The summed E-state index contributed by atoms with van der Waals surface area (Å²) < 4.78 is 38.7. The predicted octanol–water partition coefficient (Wildman–Crippen LogP) is 3.26. The summed E-state index contributed by atoms with van der Waals surface area (Å²) in [6.45, 7) is -0.0605. The van der Waals surface area contributed by atoms with Gasteiger partial charge in [-0.15, -0.1) is 0 Å². The normalized spacial score (nSPS) is 17.1. The number of hydrogen-bond acceptors (Lipinski definition) is 6. The van der Waals surface area contributed by atoms with Crippen LogP contribution in [0.5, 0.6) is 11.5 Å². The fourth-order valence-corrected chi connectivity index (χ4v) is 4.02. The fraction of sp³-hybridized carbons (Fsp3) is 0.150. The SMILES string of the molecule is O=C1NC(=S)SC1=Cc1cc(F)c2c(c1)N(CCOc1ccc(F)cc1)C(=O)CO2. The molecule has 1 saturated heterocycles. The Balaban J connectivity index is 1.56.